The fourth-order valence-electron chi connectivity index (χ4n) is 3.40. The van der Waals surface area contributed by atoms with Crippen molar-refractivity contribution in [2.24, 2.45) is 12.8 Å². The number of amides is 1. The molecule has 1 heterocycles. The van der Waals surface area contributed by atoms with Crippen LogP contribution in [0.2, 0.25) is 0 Å². The van der Waals surface area contributed by atoms with Gasteiger partial charge in [-0.1, -0.05) is 30.3 Å². The molecule has 166 valence electrons. The number of carboxylic acids is 1. The Morgan fingerprint density at radius 3 is 2.44 bits per heavy atom. The van der Waals surface area contributed by atoms with E-state index in [9.17, 15) is 14.4 Å². The van der Waals surface area contributed by atoms with Crippen molar-refractivity contribution < 1.29 is 14.7 Å². The van der Waals surface area contributed by atoms with Crippen LogP contribution in [0.1, 0.15) is 36.2 Å². The number of benzene rings is 2. The van der Waals surface area contributed by atoms with Gasteiger partial charge in [-0.2, -0.15) is 0 Å². The van der Waals surface area contributed by atoms with Crippen LogP contribution in [0.25, 0.3) is 11.0 Å². The van der Waals surface area contributed by atoms with Gasteiger partial charge in [0.1, 0.15) is 18.1 Å². The normalized spacial score (nSPS) is 11.3. The van der Waals surface area contributed by atoms with E-state index in [1.807, 2.05) is 0 Å². The third-order valence-electron chi connectivity index (χ3n) is 5.47. The first-order valence-corrected chi connectivity index (χ1v) is 9.94. The second-order valence-corrected chi connectivity index (χ2v) is 8.11. The lowest BCUT2D eigenvalue weighted by Gasteiger charge is -2.24. The van der Waals surface area contributed by atoms with Gasteiger partial charge in [0.2, 0.25) is 5.91 Å². The zero-order chi connectivity index (χ0) is 23.6. The molecule has 0 radical (unpaired) electrons. The van der Waals surface area contributed by atoms with Gasteiger partial charge in [-0.25, -0.2) is 4.98 Å². The minimum Gasteiger partial charge on any atom is -0.480 e. The molecule has 0 fully saturated rings. The molecule has 0 unspecified atom stereocenters. The summed E-state index contributed by atoms with van der Waals surface area (Å²) in [5.41, 5.74) is 7.89. The van der Waals surface area contributed by atoms with Gasteiger partial charge in [-0.15, -0.1) is 0 Å². The van der Waals surface area contributed by atoms with Crippen molar-refractivity contribution in [3.63, 3.8) is 0 Å². The summed E-state index contributed by atoms with van der Waals surface area (Å²) in [6.45, 7) is 2.94. The molecular weight excluding hydrogens is 410 g/mol. The van der Waals surface area contributed by atoms with Gasteiger partial charge in [0, 0.05) is 19.0 Å². The molecule has 9 heteroatoms. The number of hydrogen-bond acceptors (Lipinski definition) is 5. The van der Waals surface area contributed by atoms with E-state index in [1.54, 1.807) is 63.4 Å². The molecule has 1 amide bonds. The van der Waals surface area contributed by atoms with E-state index < -0.39 is 23.8 Å². The summed E-state index contributed by atoms with van der Waals surface area (Å²) in [6.07, 6.45) is 0.299. The SMILES string of the molecule is Cn1c(=O)c(Cc2ccc(C(=N)N)cc2)nc2cc(C(C)(C)C(=O)NCC(=O)O)ccc21. The predicted octanol–water partition coefficient (Wildman–Crippen LogP) is 1.29. The number of nitrogens with one attached hydrogen (secondary N) is 2. The Balaban J connectivity index is 1.99. The van der Waals surface area contributed by atoms with E-state index in [0.717, 1.165) is 5.56 Å². The average Bonchev–Trinajstić information content (AvgIpc) is 2.75. The number of rotatable bonds is 7. The summed E-state index contributed by atoms with van der Waals surface area (Å²) in [6, 6.07) is 12.3. The standard InChI is InChI=1S/C23H25N5O4/c1-23(2,22(32)26-12-19(29)30)15-8-9-18-16(11-15)27-17(21(31)28(18)3)10-13-4-6-14(7-5-13)20(24)25/h4-9,11H,10,12H2,1-3H3,(H3,24,25)(H,26,32)(H,29,30). The third kappa shape index (κ3) is 4.51. The molecule has 2 aromatic carbocycles. The number of amidine groups is 1. The van der Waals surface area contributed by atoms with Gasteiger partial charge in [0.25, 0.3) is 5.56 Å². The summed E-state index contributed by atoms with van der Waals surface area (Å²) in [5, 5.41) is 18.7. The quantitative estimate of drug-likeness (QED) is 0.324. The molecule has 0 saturated carbocycles. The zero-order valence-electron chi connectivity index (χ0n) is 18.1. The smallest absolute Gasteiger partial charge is 0.322 e. The molecular formula is C23H25N5O4. The highest BCUT2D eigenvalue weighted by atomic mass is 16.4. The van der Waals surface area contributed by atoms with Gasteiger partial charge in [-0.05, 0) is 37.1 Å². The number of aromatic nitrogens is 2. The Labute approximate surface area is 184 Å². The van der Waals surface area contributed by atoms with E-state index in [0.29, 0.717) is 34.3 Å². The van der Waals surface area contributed by atoms with Gasteiger partial charge >= 0.3 is 5.97 Å². The van der Waals surface area contributed by atoms with Crippen molar-refractivity contribution in [3.05, 3.63) is 75.2 Å². The van der Waals surface area contributed by atoms with Gasteiger partial charge < -0.3 is 20.7 Å². The number of fused-ring (bicyclic) bond motifs is 1. The molecule has 3 rings (SSSR count). The minimum absolute atomic E-state index is 0.0289. The van der Waals surface area contributed by atoms with Crippen molar-refractivity contribution >= 4 is 28.7 Å². The van der Waals surface area contributed by atoms with E-state index in [1.165, 1.54) is 4.57 Å². The van der Waals surface area contributed by atoms with E-state index in [-0.39, 0.29) is 11.4 Å². The van der Waals surface area contributed by atoms with E-state index in [4.69, 9.17) is 16.2 Å². The zero-order valence-corrected chi connectivity index (χ0v) is 18.1. The maximum atomic E-state index is 12.8. The Morgan fingerprint density at radius 2 is 1.84 bits per heavy atom. The highest BCUT2D eigenvalue weighted by Crippen LogP contribution is 2.26. The van der Waals surface area contributed by atoms with Crippen LogP contribution < -0.4 is 16.6 Å². The third-order valence-corrected chi connectivity index (χ3v) is 5.47. The van der Waals surface area contributed by atoms with Crippen LogP contribution in [-0.4, -0.2) is 38.9 Å². The maximum Gasteiger partial charge on any atom is 0.322 e. The van der Waals surface area contributed by atoms with Crippen molar-refractivity contribution in [3.8, 4) is 0 Å². The highest BCUT2D eigenvalue weighted by Gasteiger charge is 2.30. The average molecular weight is 435 g/mol. The number of nitrogens with zero attached hydrogens (tertiary/aromatic N) is 2. The van der Waals surface area contributed by atoms with Crippen molar-refractivity contribution in [2.45, 2.75) is 25.7 Å². The van der Waals surface area contributed by atoms with Crippen LogP contribution in [0.5, 0.6) is 0 Å². The molecule has 0 bridgehead atoms. The van der Waals surface area contributed by atoms with Gasteiger partial charge in [0.05, 0.1) is 16.4 Å². The summed E-state index contributed by atoms with van der Waals surface area (Å²) >= 11 is 0. The lowest BCUT2D eigenvalue weighted by atomic mass is 9.83. The summed E-state index contributed by atoms with van der Waals surface area (Å²) in [5.74, 6) is -1.57. The summed E-state index contributed by atoms with van der Waals surface area (Å²) in [7, 11) is 1.67. The first-order valence-electron chi connectivity index (χ1n) is 9.94. The first kappa shape index (κ1) is 22.7. The molecule has 0 saturated heterocycles. The number of aryl methyl sites for hydroxylation is 1. The summed E-state index contributed by atoms with van der Waals surface area (Å²) < 4.78 is 1.52. The van der Waals surface area contributed by atoms with Crippen LogP contribution in [0.15, 0.2) is 47.3 Å². The predicted molar refractivity (Wildman–Crippen MR) is 121 cm³/mol. The molecule has 0 spiro atoms. The van der Waals surface area contributed by atoms with Crippen LogP contribution in [-0.2, 0) is 28.5 Å². The summed E-state index contributed by atoms with van der Waals surface area (Å²) in [4.78, 5) is 40.7. The molecule has 1 aromatic heterocycles. The lowest BCUT2D eigenvalue weighted by Crippen LogP contribution is -2.42. The molecule has 0 atom stereocenters. The van der Waals surface area contributed by atoms with Crippen LogP contribution in [0.3, 0.4) is 0 Å². The Bertz CT molecular complexity index is 1280. The molecule has 0 aliphatic heterocycles. The first-order chi connectivity index (χ1) is 15.0. The number of aliphatic carboxylic acids is 1. The monoisotopic (exact) mass is 435 g/mol. The number of carbonyl (C=O) groups is 2. The van der Waals surface area contributed by atoms with Crippen LogP contribution >= 0.6 is 0 Å². The minimum atomic E-state index is -1.12. The van der Waals surface area contributed by atoms with Gasteiger partial charge in [-0.3, -0.25) is 19.8 Å². The highest BCUT2D eigenvalue weighted by molar-refractivity contribution is 5.95. The fraction of sp³-hybridized carbons (Fsp3) is 0.261. The second-order valence-electron chi connectivity index (χ2n) is 8.11. The van der Waals surface area contributed by atoms with Crippen molar-refractivity contribution in [1.82, 2.24) is 14.9 Å². The lowest BCUT2D eigenvalue weighted by molar-refractivity contribution is -0.138. The van der Waals surface area contributed by atoms with Gasteiger partial charge in [0.15, 0.2) is 0 Å². The number of carboxylic acid groups (broad SMARTS) is 1. The molecule has 0 aliphatic carbocycles. The Hall–Kier alpha value is -4.01. The molecule has 5 N–H and O–H groups in total. The Kier molecular flexibility index (Phi) is 6.11. The van der Waals surface area contributed by atoms with Crippen molar-refractivity contribution in [1.29, 1.82) is 5.41 Å². The molecule has 3 aromatic rings. The maximum absolute atomic E-state index is 12.8. The molecule has 32 heavy (non-hydrogen) atoms. The number of hydrogen-bond donors (Lipinski definition) is 4. The van der Waals surface area contributed by atoms with E-state index >= 15 is 0 Å². The Morgan fingerprint density at radius 1 is 1.19 bits per heavy atom. The second kappa shape index (κ2) is 8.62. The fourth-order valence-corrected chi connectivity index (χ4v) is 3.40. The largest absolute Gasteiger partial charge is 0.480 e. The van der Waals surface area contributed by atoms with Crippen LogP contribution in [0.4, 0.5) is 0 Å². The number of carbonyl (C=O) groups excluding carboxylic acids is 1. The molecule has 9 nitrogen and oxygen atoms in total. The van der Waals surface area contributed by atoms with E-state index in [2.05, 4.69) is 10.3 Å². The topological polar surface area (TPSA) is 151 Å². The number of nitrogen functional groups attached to an aromatic ring is 1. The molecule has 0 aliphatic rings. The number of nitrogens with two attached hydrogens (primary N) is 1. The van der Waals surface area contributed by atoms with Crippen LogP contribution in [0, 0.1) is 5.41 Å². The van der Waals surface area contributed by atoms with Crippen molar-refractivity contribution in [2.75, 3.05) is 6.54 Å².